The number of sulfone groups is 1. The summed E-state index contributed by atoms with van der Waals surface area (Å²) in [5.41, 5.74) is 0. The van der Waals surface area contributed by atoms with Crippen molar-refractivity contribution in [1.82, 2.24) is 10.6 Å². The van der Waals surface area contributed by atoms with Gasteiger partial charge in [0.05, 0.1) is 17.4 Å². The third-order valence-corrected chi connectivity index (χ3v) is 5.01. The molecule has 0 spiro atoms. The van der Waals surface area contributed by atoms with Gasteiger partial charge in [-0.2, -0.15) is 0 Å². The molecular weight excluding hydrogens is 228 g/mol. The molecule has 2 fully saturated rings. The summed E-state index contributed by atoms with van der Waals surface area (Å²) in [7, 11) is -2.90. The Morgan fingerprint density at radius 1 is 1.31 bits per heavy atom. The van der Waals surface area contributed by atoms with Crippen LogP contribution in [0, 0.1) is 5.92 Å². The third kappa shape index (κ3) is 2.95. The van der Waals surface area contributed by atoms with Crippen molar-refractivity contribution in [2.45, 2.75) is 25.3 Å². The molecule has 0 saturated carbocycles. The SMILES string of the molecule is O=C(NC1CCS(=O)(=O)C1)[C@H]1CCCNC1. The van der Waals surface area contributed by atoms with Gasteiger partial charge >= 0.3 is 0 Å². The Bertz CT molecular complexity index is 360. The Morgan fingerprint density at radius 3 is 2.69 bits per heavy atom. The van der Waals surface area contributed by atoms with Crippen molar-refractivity contribution in [3.63, 3.8) is 0 Å². The molecule has 0 aromatic rings. The molecule has 0 radical (unpaired) electrons. The molecular formula is C10H18N2O3S. The standard InChI is InChI=1S/C10H18N2O3S/c13-10(8-2-1-4-11-6-8)12-9-3-5-16(14,15)7-9/h8-9,11H,1-7H2,(H,12,13)/t8-,9?/m0/s1. The van der Waals surface area contributed by atoms with E-state index in [-0.39, 0.29) is 29.4 Å². The second-order valence-electron chi connectivity index (χ2n) is 4.65. The fourth-order valence-electron chi connectivity index (χ4n) is 2.30. The van der Waals surface area contributed by atoms with E-state index < -0.39 is 9.84 Å². The van der Waals surface area contributed by atoms with Gasteiger partial charge in [-0.15, -0.1) is 0 Å². The Labute approximate surface area is 95.9 Å². The van der Waals surface area contributed by atoms with Gasteiger partial charge in [0.25, 0.3) is 0 Å². The second kappa shape index (κ2) is 4.71. The normalized spacial score (nSPS) is 33.5. The number of hydrogen-bond acceptors (Lipinski definition) is 4. The molecule has 16 heavy (non-hydrogen) atoms. The molecule has 2 rings (SSSR count). The van der Waals surface area contributed by atoms with Gasteiger partial charge in [0.2, 0.25) is 5.91 Å². The van der Waals surface area contributed by atoms with Crippen LogP contribution in [0.4, 0.5) is 0 Å². The third-order valence-electron chi connectivity index (χ3n) is 3.25. The zero-order chi connectivity index (χ0) is 11.6. The van der Waals surface area contributed by atoms with Crippen LogP contribution in [0.25, 0.3) is 0 Å². The number of nitrogens with one attached hydrogen (secondary N) is 2. The van der Waals surface area contributed by atoms with E-state index >= 15 is 0 Å². The van der Waals surface area contributed by atoms with E-state index in [0.29, 0.717) is 13.0 Å². The largest absolute Gasteiger partial charge is 0.352 e. The van der Waals surface area contributed by atoms with Crippen molar-refractivity contribution in [2.75, 3.05) is 24.6 Å². The summed E-state index contributed by atoms with van der Waals surface area (Å²) in [5, 5.41) is 6.02. The van der Waals surface area contributed by atoms with E-state index in [1.807, 2.05) is 0 Å². The minimum Gasteiger partial charge on any atom is -0.352 e. The van der Waals surface area contributed by atoms with Gasteiger partial charge in [-0.3, -0.25) is 4.79 Å². The van der Waals surface area contributed by atoms with Crippen LogP contribution < -0.4 is 10.6 Å². The summed E-state index contributed by atoms with van der Waals surface area (Å²) in [5.74, 6) is 0.339. The highest BCUT2D eigenvalue weighted by molar-refractivity contribution is 7.91. The first-order valence-corrected chi connectivity index (χ1v) is 7.60. The highest BCUT2D eigenvalue weighted by Crippen LogP contribution is 2.14. The van der Waals surface area contributed by atoms with E-state index in [1.54, 1.807) is 0 Å². The molecule has 1 unspecified atom stereocenters. The minimum atomic E-state index is -2.90. The molecule has 92 valence electrons. The van der Waals surface area contributed by atoms with E-state index in [2.05, 4.69) is 10.6 Å². The van der Waals surface area contributed by atoms with E-state index in [1.165, 1.54) is 0 Å². The Hall–Kier alpha value is -0.620. The first kappa shape index (κ1) is 11.9. The highest BCUT2D eigenvalue weighted by Gasteiger charge is 2.31. The molecule has 2 aliphatic rings. The molecule has 0 aliphatic carbocycles. The Kier molecular flexibility index (Phi) is 3.49. The van der Waals surface area contributed by atoms with Crippen LogP contribution in [0.5, 0.6) is 0 Å². The van der Waals surface area contributed by atoms with Crippen molar-refractivity contribution in [3.05, 3.63) is 0 Å². The average molecular weight is 246 g/mol. The molecule has 2 atom stereocenters. The molecule has 5 nitrogen and oxygen atoms in total. The van der Waals surface area contributed by atoms with Crippen LogP contribution in [0.2, 0.25) is 0 Å². The predicted molar refractivity (Wildman–Crippen MR) is 60.8 cm³/mol. The summed E-state index contributed by atoms with van der Waals surface area (Å²) in [6.07, 6.45) is 2.48. The maximum absolute atomic E-state index is 11.8. The van der Waals surface area contributed by atoms with Crippen LogP contribution >= 0.6 is 0 Å². The Morgan fingerprint density at radius 2 is 2.12 bits per heavy atom. The average Bonchev–Trinajstić information content (AvgIpc) is 2.59. The zero-order valence-corrected chi connectivity index (χ0v) is 10.1. The van der Waals surface area contributed by atoms with Gasteiger partial charge in [0.1, 0.15) is 0 Å². The van der Waals surface area contributed by atoms with Crippen LogP contribution in [0.1, 0.15) is 19.3 Å². The monoisotopic (exact) mass is 246 g/mol. The number of rotatable bonds is 2. The zero-order valence-electron chi connectivity index (χ0n) is 9.24. The number of carbonyl (C=O) groups is 1. The molecule has 2 aliphatic heterocycles. The first-order valence-electron chi connectivity index (χ1n) is 5.78. The van der Waals surface area contributed by atoms with Crippen molar-refractivity contribution < 1.29 is 13.2 Å². The van der Waals surface area contributed by atoms with E-state index in [0.717, 1.165) is 19.4 Å². The van der Waals surface area contributed by atoms with Crippen molar-refractivity contribution in [2.24, 2.45) is 5.92 Å². The van der Waals surface area contributed by atoms with Crippen molar-refractivity contribution in [1.29, 1.82) is 0 Å². The summed E-state index contributed by atoms with van der Waals surface area (Å²) < 4.78 is 22.5. The van der Waals surface area contributed by atoms with Gasteiger partial charge in [-0.05, 0) is 25.8 Å². The fourth-order valence-corrected chi connectivity index (χ4v) is 3.98. The maximum atomic E-state index is 11.8. The van der Waals surface area contributed by atoms with Gasteiger partial charge < -0.3 is 10.6 Å². The number of amides is 1. The lowest BCUT2D eigenvalue weighted by atomic mass is 9.98. The topological polar surface area (TPSA) is 75.3 Å². The summed E-state index contributed by atoms with van der Waals surface area (Å²) in [6.45, 7) is 1.69. The predicted octanol–water partition coefficient (Wildman–Crippen LogP) is -0.711. The lowest BCUT2D eigenvalue weighted by Crippen LogP contribution is -2.44. The van der Waals surface area contributed by atoms with Gasteiger partial charge in [0, 0.05) is 12.6 Å². The van der Waals surface area contributed by atoms with Crippen LogP contribution in [-0.4, -0.2) is 45.0 Å². The Balaban J connectivity index is 1.83. The van der Waals surface area contributed by atoms with Crippen LogP contribution in [0.3, 0.4) is 0 Å². The minimum absolute atomic E-state index is 0.00861. The van der Waals surface area contributed by atoms with Crippen LogP contribution in [0.15, 0.2) is 0 Å². The maximum Gasteiger partial charge on any atom is 0.224 e. The molecule has 2 saturated heterocycles. The molecule has 1 amide bonds. The molecule has 0 bridgehead atoms. The molecule has 0 aromatic heterocycles. The molecule has 2 N–H and O–H groups in total. The lowest BCUT2D eigenvalue weighted by molar-refractivity contribution is -0.126. The number of hydrogen-bond donors (Lipinski definition) is 2. The lowest BCUT2D eigenvalue weighted by Gasteiger charge is -2.23. The quantitative estimate of drug-likeness (QED) is 0.675. The highest BCUT2D eigenvalue weighted by atomic mass is 32.2. The summed E-state index contributed by atoms with van der Waals surface area (Å²) in [6, 6.07) is -0.167. The van der Waals surface area contributed by atoms with Gasteiger partial charge in [-0.1, -0.05) is 0 Å². The van der Waals surface area contributed by atoms with Crippen molar-refractivity contribution >= 4 is 15.7 Å². The number of carbonyl (C=O) groups excluding carboxylic acids is 1. The van der Waals surface area contributed by atoms with E-state index in [4.69, 9.17) is 0 Å². The fraction of sp³-hybridized carbons (Fsp3) is 0.900. The summed E-state index contributed by atoms with van der Waals surface area (Å²) >= 11 is 0. The first-order chi connectivity index (χ1) is 7.57. The van der Waals surface area contributed by atoms with Crippen LogP contribution in [-0.2, 0) is 14.6 Å². The van der Waals surface area contributed by atoms with Gasteiger partial charge in [-0.25, -0.2) is 8.42 Å². The second-order valence-corrected chi connectivity index (χ2v) is 6.88. The molecule has 6 heteroatoms. The molecule has 0 aromatic carbocycles. The van der Waals surface area contributed by atoms with E-state index in [9.17, 15) is 13.2 Å². The summed E-state index contributed by atoms with van der Waals surface area (Å²) in [4.78, 5) is 11.8. The smallest absolute Gasteiger partial charge is 0.224 e. The van der Waals surface area contributed by atoms with Gasteiger partial charge in [0.15, 0.2) is 9.84 Å². The molecule has 2 heterocycles. The van der Waals surface area contributed by atoms with Crippen molar-refractivity contribution in [3.8, 4) is 0 Å². The number of piperidine rings is 1.